The van der Waals surface area contributed by atoms with Crippen LogP contribution in [0.25, 0.3) is 10.9 Å². The van der Waals surface area contributed by atoms with Gasteiger partial charge in [-0.3, -0.25) is 4.98 Å². The maximum atomic E-state index is 12.8. The molecule has 0 saturated carbocycles. The molecule has 0 fully saturated rings. The number of carbonyl (C=O) groups excluding carboxylic acids is 1. The molecule has 0 aliphatic carbocycles. The molecule has 0 radical (unpaired) electrons. The number of hydrogen-bond acceptors (Lipinski definition) is 7. The fourth-order valence-electron chi connectivity index (χ4n) is 4.47. The molecule has 2 amide bonds. The molecule has 9 nitrogen and oxygen atoms in total. The fourth-order valence-corrected chi connectivity index (χ4v) is 4.88. The number of hydrogen-bond donors (Lipinski definition) is 3. The summed E-state index contributed by atoms with van der Waals surface area (Å²) in [5, 5.41) is 10.0. The van der Waals surface area contributed by atoms with Gasteiger partial charge in [-0.2, -0.15) is 0 Å². The molecular formula is C30H33Cl2N5O4. The maximum absolute atomic E-state index is 12.8. The van der Waals surface area contributed by atoms with E-state index < -0.39 is 0 Å². The zero-order chi connectivity index (χ0) is 29.4. The minimum Gasteiger partial charge on any atom is -0.493 e. The lowest BCUT2D eigenvalue weighted by Crippen LogP contribution is -2.27. The van der Waals surface area contributed by atoms with Crippen molar-refractivity contribution in [1.29, 1.82) is 0 Å². The number of rotatable bonds is 12. The van der Waals surface area contributed by atoms with Gasteiger partial charge < -0.3 is 35.1 Å². The molecule has 0 aliphatic heterocycles. The molecule has 41 heavy (non-hydrogen) atoms. The van der Waals surface area contributed by atoms with Crippen LogP contribution in [0.4, 0.5) is 33.2 Å². The van der Waals surface area contributed by atoms with Crippen LogP contribution in [-0.4, -0.2) is 57.2 Å². The third-order valence-electron chi connectivity index (χ3n) is 6.34. The summed E-state index contributed by atoms with van der Waals surface area (Å²) in [5.74, 6) is 2.57. The topological polar surface area (TPSA) is 97.0 Å². The minimum atomic E-state index is -0.366. The Morgan fingerprint density at radius 1 is 0.805 bits per heavy atom. The van der Waals surface area contributed by atoms with E-state index in [9.17, 15) is 4.79 Å². The molecule has 3 N–H and O–H groups in total. The second-order valence-electron chi connectivity index (χ2n) is 9.07. The van der Waals surface area contributed by atoms with Gasteiger partial charge in [0.05, 0.1) is 26.8 Å². The SMILES string of the molecule is COc1cc(Nc2cc(C)nc3ccc(NC(=O)Nc4ccc(N(CCCl)CCCl)cc4)cc23)cc(OC)c1OC. The number of carbonyl (C=O) groups is 1. The van der Waals surface area contributed by atoms with Gasteiger partial charge in [-0.05, 0) is 55.5 Å². The average molecular weight is 599 g/mol. The molecule has 0 spiro atoms. The Morgan fingerprint density at radius 2 is 1.41 bits per heavy atom. The zero-order valence-electron chi connectivity index (χ0n) is 23.4. The third kappa shape index (κ3) is 7.36. The number of aryl methyl sites for hydroxylation is 1. The Balaban J connectivity index is 1.54. The summed E-state index contributed by atoms with van der Waals surface area (Å²) < 4.78 is 16.4. The standard InChI is InChI=1S/C30H33Cl2N5O4/c1-19-15-26(34-22-17-27(39-2)29(41-4)28(18-22)40-3)24-16-21(7-10-25(24)33-19)36-30(38)35-20-5-8-23(9-6-20)37(13-11-31)14-12-32/h5-10,15-18H,11-14H2,1-4H3,(H,33,34)(H2,35,36,38). The van der Waals surface area contributed by atoms with Gasteiger partial charge in [0.2, 0.25) is 5.75 Å². The van der Waals surface area contributed by atoms with Gasteiger partial charge in [0.15, 0.2) is 11.5 Å². The highest BCUT2D eigenvalue weighted by Gasteiger charge is 2.15. The summed E-state index contributed by atoms with van der Waals surface area (Å²) >= 11 is 11.8. The van der Waals surface area contributed by atoms with Crippen LogP contribution >= 0.6 is 23.2 Å². The van der Waals surface area contributed by atoms with Crippen LogP contribution in [0.5, 0.6) is 17.2 Å². The number of methoxy groups -OCH3 is 3. The number of ether oxygens (including phenoxy) is 3. The van der Waals surface area contributed by atoms with E-state index in [2.05, 4.69) is 25.8 Å². The van der Waals surface area contributed by atoms with Crippen molar-refractivity contribution >= 4 is 68.6 Å². The first-order chi connectivity index (χ1) is 19.9. The Kier molecular flexibility index (Phi) is 10.2. The molecule has 0 saturated heterocycles. The molecule has 216 valence electrons. The molecule has 0 aliphatic rings. The quantitative estimate of drug-likeness (QED) is 0.148. The Hall–Kier alpha value is -4.08. The van der Waals surface area contributed by atoms with E-state index in [0.717, 1.165) is 33.7 Å². The normalized spacial score (nSPS) is 10.7. The van der Waals surface area contributed by atoms with Gasteiger partial charge in [-0.25, -0.2) is 4.79 Å². The third-order valence-corrected chi connectivity index (χ3v) is 6.68. The molecule has 0 atom stereocenters. The summed E-state index contributed by atoms with van der Waals surface area (Å²) in [4.78, 5) is 19.6. The molecule has 1 aromatic heterocycles. The molecule has 4 aromatic rings. The van der Waals surface area contributed by atoms with E-state index in [-0.39, 0.29) is 6.03 Å². The van der Waals surface area contributed by atoms with E-state index in [1.165, 1.54) is 0 Å². The van der Waals surface area contributed by atoms with Crippen molar-refractivity contribution in [2.75, 3.05) is 67.0 Å². The van der Waals surface area contributed by atoms with Crippen molar-refractivity contribution in [3.8, 4) is 17.2 Å². The first kappa shape index (κ1) is 29.9. The summed E-state index contributed by atoms with van der Waals surface area (Å²) in [6.45, 7) is 3.30. The summed E-state index contributed by atoms with van der Waals surface area (Å²) in [5.41, 5.74) is 5.42. The molecule has 0 unspecified atom stereocenters. The second kappa shape index (κ2) is 14.0. The van der Waals surface area contributed by atoms with Crippen LogP contribution in [0.3, 0.4) is 0 Å². The second-order valence-corrected chi connectivity index (χ2v) is 9.83. The van der Waals surface area contributed by atoms with Gasteiger partial charge in [0.25, 0.3) is 0 Å². The monoisotopic (exact) mass is 597 g/mol. The molecule has 1 heterocycles. The largest absolute Gasteiger partial charge is 0.493 e. The van der Waals surface area contributed by atoms with Crippen LogP contribution in [0.15, 0.2) is 60.7 Å². The van der Waals surface area contributed by atoms with E-state index in [4.69, 9.17) is 37.4 Å². The first-order valence-corrected chi connectivity index (χ1v) is 14.0. The first-order valence-electron chi connectivity index (χ1n) is 12.9. The Labute approximate surface area is 249 Å². The van der Waals surface area contributed by atoms with Gasteiger partial charge in [-0.15, -0.1) is 23.2 Å². The van der Waals surface area contributed by atoms with Crippen LogP contribution in [-0.2, 0) is 0 Å². The zero-order valence-corrected chi connectivity index (χ0v) is 24.9. The molecule has 11 heteroatoms. The number of halogens is 2. The smallest absolute Gasteiger partial charge is 0.323 e. The van der Waals surface area contributed by atoms with E-state index in [1.54, 1.807) is 21.3 Å². The fraction of sp³-hybridized carbons (Fsp3) is 0.267. The molecule has 3 aromatic carbocycles. The van der Waals surface area contributed by atoms with Gasteiger partial charge >= 0.3 is 6.03 Å². The summed E-state index contributed by atoms with van der Waals surface area (Å²) in [7, 11) is 4.71. The number of aromatic nitrogens is 1. The summed E-state index contributed by atoms with van der Waals surface area (Å²) in [6.07, 6.45) is 0. The van der Waals surface area contributed by atoms with Crippen molar-refractivity contribution in [1.82, 2.24) is 4.98 Å². The van der Waals surface area contributed by atoms with E-state index in [0.29, 0.717) is 53.5 Å². The number of nitrogens with one attached hydrogen (secondary N) is 3. The maximum Gasteiger partial charge on any atom is 0.323 e. The number of fused-ring (bicyclic) bond motifs is 1. The number of amides is 2. The predicted octanol–water partition coefficient (Wildman–Crippen LogP) is 7.24. The average Bonchev–Trinajstić information content (AvgIpc) is 2.97. The van der Waals surface area contributed by atoms with Gasteiger partial charge in [-0.1, -0.05) is 0 Å². The van der Waals surface area contributed by atoms with Crippen LogP contribution in [0.1, 0.15) is 5.69 Å². The summed E-state index contributed by atoms with van der Waals surface area (Å²) in [6, 6.07) is 18.3. The van der Waals surface area contributed by atoms with Crippen LogP contribution < -0.4 is 35.1 Å². The van der Waals surface area contributed by atoms with Gasteiger partial charge in [0.1, 0.15) is 0 Å². The highest BCUT2D eigenvalue weighted by molar-refractivity contribution is 6.18. The molecular weight excluding hydrogens is 565 g/mol. The van der Waals surface area contributed by atoms with Crippen molar-refractivity contribution in [2.45, 2.75) is 6.92 Å². The van der Waals surface area contributed by atoms with Gasteiger partial charge in [0, 0.05) is 76.5 Å². The Bertz CT molecular complexity index is 1470. The van der Waals surface area contributed by atoms with Crippen LogP contribution in [0.2, 0.25) is 0 Å². The number of benzene rings is 3. The minimum absolute atomic E-state index is 0.366. The van der Waals surface area contributed by atoms with Crippen molar-refractivity contribution in [3.63, 3.8) is 0 Å². The number of pyridine rings is 1. The number of alkyl halides is 2. The van der Waals surface area contributed by atoms with Crippen LogP contribution in [0, 0.1) is 6.92 Å². The lowest BCUT2D eigenvalue weighted by Gasteiger charge is -2.23. The van der Waals surface area contributed by atoms with E-state index >= 15 is 0 Å². The lowest BCUT2D eigenvalue weighted by molar-refractivity contribution is 0.262. The molecule has 4 rings (SSSR count). The van der Waals surface area contributed by atoms with Crippen molar-refractivity contribution in [2.24, 2.45) is 0 Å². The lowest BCUT2D eigenvalue weighted by atomic mass is 10.1. The van der Waals surface area contributed by atoms with Crippen molar-refractivity contribution < 1.29 is 19.0 Å². The highest BCUT2D eigenvalue weighted by atomic mass is 35.5. The highest BCUT2D eigenvalue weighted by Crippen LogP contribution is 2.41. The Morgan fingerprint density at radius 3 is 2.00 bits per heavy atom. The predicted molar refractivity (Wildman–Crippen MR) is 169 cm³/mol. The number of anilines is 5. The number of urea groups is 1. The van der Waals surface area contributed by atoms with E-state index in [1.807, 2.05) is 67.6 Å². The van der Waals surface area contributed by atoms with Crippen molar-refractivity contribution in [3.05, 3.63) is 66.4 Å². The number of nitrogens with zero attached hydrogens (tertiary/aromatic N) is 2. The molecule has 0 bridgehead atoms.